The molecule has 0 aliphatic carbocycles. The molecule has 0 spiro atoms. The molecule has 0 unspecified atom stereocenters. The van der Waals surface area contributed by atoms with Crippen molar-refractivity contribution < 1.29 is 4.74 Å². The lowest BCUT2D eigenvalue weighted by Crippen LogP contribution is -1.87. The van der Waals surface area contributed by atoms with Crippen molar-refractivity contribution in [1.29, 1.82) is 0 Å². The monoisotopic (exact) mass is 198 g/mol. The van der Waals surface area contributed by atoms with Gasteiger partial charge in [0.15, 0.2) is 0 Å². The van der Waals surface area contributed by atoms with E-state index in [0.717, 1.165) is 10.5 Å². The molecule has 0 bridgehead atoms. The minimum Gasteiger partial charge on any atom is -0.497 e. The Balaban J connectivity index is 2.74. The topological polar surface area (TPSA) is 9.23 Å². The van der Waals surface area contributed by atoms with Gasteiger partial charge in [0.1, 0.15) is 6.61 Å². The number of hydrogen-bond donors (Lipinski definition) is 1. The van der Waals surface area contributed by atoms with Gasteiger partial charge in [-0.3, -0.25) is 0 Å². The van der Waals surface area contributed by atoms with Crippen LogP contribution in [0.1, 0.15) is 5.56 Å². The van der Waals surface area contributed by atoms with Gasteiger partial charge < -0.3 is 4.74 Å². The Hall–Kier alpha value is -0.540. The highest BCUT2D eigenvalue weighted by molar-refractivity contribution is 8.68. The second-order valence-corrected chi connectivity index (χ2v) is 3.35. The molecule has 0 N–H and O–H groups in total. The first kappa shape index (κ1) is 9.55. The number of rotatable bonds is 4. The normalized spacial score (nSPS) is 9.42. The first-order valence-corrected chi connectivity index (χ1v) is 5.37. The Labute approximate surface area is 81.6 Å². The number of thiol groups is 1. The highest BCUT2D eigenvalue weighted by atomic mass is 33.1. The summed E-state index contributed by atoms with van der Waals surface area (Å²) in [7, 11) is 1.43. The summed E-state index contributed by atoms with van der Waals surface area (Å²) in [5.41, 5.74) is 1.14. The van der Waals surface area contributed by atoms with Crippen molar-refractivity contribution in [3.63, 3.8) is 0 Å². The maximum Gasteiger partial charge on any atom is 0.113 e. The van der Waals surface area contributed by atoms with Crippen LogP contribution in [0.2, 0.25) is 0 Å². The van der Waals surface area contributed by atoms with Crippen LogP contribution in [0, 0.1) is 0 Å². The molecule has 0 aliphatic heterocycles. The summed E-state index contributed by atoms with van der Waals surface area (Å²) >= 11 is 4.14. The quantitative estimate of drug-likeness (QED) is 0.451. The second-order valence-electron chi connectivity index (χ2n) is 2.18. The van der Waals surface area contributed by atoms with E-state index in [0.29, 0.717) is 6.61 Å². The Morgan fingerprint density at radius 2 is 2.25 bits per heavy atom. The van der Waals surface area contributed by atoms with E-state index in [-0.39, 0.29) is 0 Å². The fourth-order valence-corrected chi connectivity index (χ4v) is 1.78. The molecule has 0 radical (unpaired) electrons. The maximum atomic E-state index is 5.08. The van der Waals surface area contributed by atoms with E-state index >= 15 is 0 Å². The van der Waals surface area contributed by atoms with Crippen LogP contribution in [-0.2, 0) is 11.3 Å². The molecule has 0 aliphatic rings. The molecule has 0 aromatic heterocycles. The van der Waals surface area contributed by atoms with Crippen LogP contribution < -0.4 is 0 Å². The maximum absolute atomic E-state index is 5.08. The van der Waals surface area contributed by atoms with Crippen LogP contribution in [0.5, 0.6) is 0 Å². The van der Waals surface area contributed by atoms with Crippen LogP contribution in [0.25, 0.3) is 0 Å². The molecule has 0 fully saturated rings. The zero-order valence-electron chi connectivity index (χ0n) is 6.56. The molecule has 1 aromatic carbocycles. The summed E-state index contributed by atoms with van der Waals surface area (Å²) in [5, 5.41) is 0. The largest absolute Gasteiger partial charge is 0.497 e. The molecule has 0 saturated carbocycles. The summed E-state index contributed by atoms with van der Waals surface area (Å²) in [5.74, 6) is 0. The standard InChI is InChI=1S/C9H10OS2/c1-2-10-7-8-5-3-4-6-9(8)12-11/h2-6,11H,1,7H2. The van der Waals surface area contributed by atoms with Crippen molar-refractivity contribution in [2.75, 3.05) is 0 Å². The third kappa shape index (κ3) is 2.50. The van der Waals surface area contributed by atoms with Gasteiger partial charge in [-0.25, -0.2) is 0 Å². The molecule has 1 nitrogen and oxygen atoms in total. The fraction of sp³-hybridized carbons (Fsp3) is 0.111. The third-order valence-corrected chi connectivity index (χ3v) is 2.61. The summed E-state index contributed by atoms with van der Waals surface area (Å²) in [4.78, 5) is 1.13. The van der Waals surface area contributed by atoms with Gasteiger partial charge in [0, 0.05) is 10.5 Å². The molecule has 0 amide bonds. The molecular formula is C9H10OS2. The number of benzene rings is 1. The fourth-order valence-electron chi connectivity index (χ4n) is 0.861. The van der Waals surface area contributed by atoms with Crippen molar-refractivity contribution in [2.24, 2.45) is 0 Å². The number of ether oxygens (including phenoxy) is 1. The highest BCUT2D eigenvalue weighted by Crippen LogP contribution is 2.25. The van der Waals surface area contributed by atoms with E-state index in [4.69, 9.17) is 4.74 Å². The van der Waals surface area contributed by atoms with Crippen molar-refractivity contribution in [3.05, 3.63) is 42.7 Å². The minimum absolute atomic E-state index is 0.563. The zero-order chi connectivity index (χ0) is 8.81. The average molecular weight is 198 g/mol. The molecule has 0 atom stereocenters. The minimum atomic E-state index is 0.563. The molecule has 12 heavy (non-hydrogen) atoms. The molecule has 1 rings (SSSR count). The van der Waals surface area contributed by atoms with E-state index in [1.807, 2.05) is 24.3 Å². The van der Waals surface area contributed by atoms with Crippen molar-refractivity contribution in [2.45, 2.75) is 11.5 Å². The Bertz CT molecular complexity index is 260. The highest BCUT2D eigenvalue weighted by Gasteiger charge is 1.98. The molecule has 3 heteroatoms. The van der Waals surface area contributed by atoms with Gasteiger partial charge in [-0.1, -0.05) is 35.6 Å². The molecule has 64 valence electrons. The Kier molecular flexibility index (Phi) is 4.11. The van der Waals surface area contributed by atoms with Crippen LogP contribution in [0.4, 0.5) is 0 Å². The number of hydrogen-bond acceptors (Lipinski definition) is 3. The predicted molar refractivity (Wildman–Crippen MR) is 56.3 cm³/mol. The summed E-state index contributed by atoms with van der Waals surface area (Å²) in [6.07, 6.45) is 1.44. The van der Waals surface area contributed by atoms with Crippen LogP contribution in [-0.4, -0.2) is 0 Å². The first-order chi connectivity index (χ1) is 5.88. The Morgan fingerprint density at radius 1 is 1.50 bits per heavy atom. The molecule has 1 aromatic rings. The van der Waals surface area contributed by atoms with Gasteiger partial charge in [0.25, 0.3) is 0 Å². The lowest BCUT2D eigenvalue weighted by Gasteiger charge is -2.04. The lowest BCUT2D eigenvalue weighted by atomic mass is 10.2. The first-order valence-electron chi connectivity index (χ1n) is 3.50. The lowest BCUT2D eigenvalue weighted by molar-refractivity contribution is 0.235. The smallest absolute Gasteiger partial charge is 0.113 e. The SMILES string of the molecule is C=COCc1ccccc1SS. The van der Waals surface area contributed by atoms with Crippen molar-refractivity contribution in [3.8, 4) is 0 Å². The second kappa shape index (κ2) is 5.17. The van der Waals surface area contributed by atoms with Crippen molar-refractivity contribution in [1.82, 2.24) is 0 Å². The van der Waals surface area contributed by atoms with E-state index in [9.17, 15) is 0 Å². The van der Waals surface area contributed by atoms with Gasteiger partial charge in [0.05, 0.1) is 6.26 Å². The summed E-state index contributed by atoms with van der Waals surface area (Å²) in [6.45, 7) is 4.05. The van der Waals surface area contributed by atoms with Gasteiger partial charge in [-0.15, -0.1) is 11.7 Å². The molecule has 0 saturated heterocycles. The van der Waals surface area contributed by atoms with Crippen LogP contribution in [0.15, 0.2) is 42.0 Å². The molecule has 0 heterocycles. The Morgan fingerprint density at radius 3 is 2.92 bits per heavy atom. The zero-order valence-corrected chi connectivity index (χ0v) is 8.28. The van der Waals surface area contributed by atoms with Crippen LogP contribution in [0.3, 0.4) is 0 Å². The van der Waals surface area contributed by atoms with E-state index in [1.165, 1.54) is 17.1 Å². The van der Waals surface area contributed by atoms with E-state index < -0.39 is 0 Å². The summed E-state index contributed by atoms with van der Waals surface area (Å²) < 4.78 is 5.08. The third-order valence-electron chi connectivity index (χ3n) is 1.43. The van der Waals surface area contributed by atoms with Crippen LogP contribution >= 0.6 is 22.5 Å². The van der Waals surface area contributed by atoms with E-state index in [1.54, 1.807) is 0 Å². The van der Waals surface area contributed by atoms with Gasteiger partial charge in [-0.2, -0.15) is 0 Å². The summed E-state index contributed by atoms with van der Waals surface area (Å²) in [6, 6.07) is 7.99. The van der Waals surface area contributed by atoms with Gasteiger partial charge in [0.2, 0.25) is 0 Å². The predicted octanol–water partition coefficient (Wildman–Crippen LogP) is 3.28. The van der Waals surface area contributed by atoms with Gasteiger partial charge >= 0.3 is 0 Å². The van der Waals surface area contributed by atoms with Crippen molar-refractivity contribution >= 4 is 22.5 Å². The van der Waals surface area contributed by atoms with E-state index in [2.05, 4.69) is 18.2 Å². The van der Waals surface area contributed by atoms with Gasteiger partial charge in [-0.05, 0) is 6.07 Å². The molecular weight excluding hydrogens is 188 g/mol. The average Bonchev–Trinajstić information content (AvgIpc) is 2.15.